The predicted molar refractivity (Wildman–Crippen MR) is 105 cm³/mol. The van der Waals surface area contributed by atoms with Gasteiger partial charge < -0.3 is 19.5 Å². The van der Waals surface area contributed by atoms with Gasteiger partial charge in [0.05, 0.1) is 17.6 Å². The van der Waals surface area contributed by atoms with Gasteiger partial charge >= 0.3 is 0 Å². The van der Waals surface area contributed by atoms with E-state index in [0.717, 1.165) is 22.4 Å². The Hall–Kier alpha value is -2.21. The molecule has 0 radical (unpaired) electrons. The third-order valence-electron chi connectivity index (χ3n) is 3.73. The first-order valence-corrected chi connectivity index (χ1v) is 9.28. The van der Waals surface area contributed by atoms with Crippen molar-refractivity contribution in [2.45, 2.75) is 26.3 Å². The van der Waals surface area contributed by atoms with Gasteiger partial charge in [-0.25, -0.2) is 0 Å². The first-order valence-electron chi connectivity index (χ1n) is 8.49. The highest BCUT2D eigenvalue weighted by atomic mass is 79.9. The summed E-state index contributed by atoms with van der Waals surface area (Å²) in [5.74, 6) is 1.96. The summed E-state index contributed by atoms with van der Waals surface area (Å²) in [6.45, 7) is 4.29. The van der Waals surface area contributed by atoms with Crippen LogP contribution >= 0.6 is 15.9 Å². The molecule has 0 aliphatic carbocycles. The molecular weight excluding hydrogens is 398 g/mol. The van der Waals surface area contributed by atoms with Crippen LogP contribution in [0.4, 0.5) is 0 Å². The predicted octanol–water partition coefficient (Wildman–Crippen LogP) is 3.98. The second-order valence-electron chi connectivity index (χ2n) is 5.86. The van der Waals surface area contributed by atoms with E-state index in [4.69, 9.17) is 14.2 Å². The SMILES string of the molecule is CCc1ccc(OCC(=O)N[C@H](C)COc2ccc(OC)cc2)c(Br)c1. The van der Waals surface area contributed by atoms with E-state index in [-0.39, 0.29) is 18.6 Å². The number of aryl methyl sites for hydroxylation is 1. The summed E-state index contributed by atoms with van der Waals surface area (Å²) in [5.41, 5.74) is 1.21. The van der Waals surface area contributed by atoms with E-state index < -0.39 is 0 Å². The van der Waals surface area contributed by atoms with Crippen LogP contribution in [-0.2, 0) is 11.2 Å². The first-order chi connectivity index (χ1) is 12.5. The van der Waals surface area contributed by atoms with Crippen LogP contribution < -0.4 is 19.5 Å². The van der Waals surface area contributed by atoms with Crippen LogP contribution in [0, 0.1) is 0 Å². The molecule has 2 aromatic carbocycles. The smallest absolute Gasteiger partial charge is 0.258 e. The van der Waals surface area contributed by atoms with Crippen molar-refractivity contribution in [3.63, 3.8) is 0 Å². The highest BCUT2D eigenvalue weighted by Gasteiger charge is 2.10. The second kappa shape index (κ2) is 10.1. The molecule has 26 heavy (non-hydrogen) atoms. The monoisotopic (exact) mass is 421 g/mol. The number of nitrogens with one attached hydrogen (secondary N) is 1. The highest BCUT2D eigenvalue weighted by molar-refractivity contribution is 9.10. The van der Waals surface area contributed by atoms with Crippen molar-refractivity contribution in [2.75, 3.05) is 20.3 Å². The fourth-order valence-electron chi connectivity index (χ4n) is 2.28. The largest absolute Gasteiger partial charge is 0.497 e. The van der Waals surface area contributed by atoms with Crippen LogP contribution in [0.1, 0.15) is 19.4 Å². The van der Waals surface area contributed by atoms with E-state index in [9.17, 15) is 4.79 Å². The van der Waals surface area contributed by atoms with Crippen molar-refractivity contribution in [3.05, 3.63) is 52.5 Å². The van der Waals surface area contributed by atoms with Crippen LogP contribution in [-0.4, -0.2) is 32.3 Å². The number of halogens is 1. The number of ether oxygens (including phenoxy) is 3. The van der Waals surface area contributed by atoms with Crippen molar-refractivity contribution in [3.8, 4) is 17.2 Å². The standard InChI is InChI=1S/C20H24BrNO4/c1-4-15-5-10-19(18(21)11-15)26-13-20(23)22-14(2)12-25-17-8-6-16(24-3)7-9-17/h5-11,14H,4,12-13H2,1-3H3,(H,22,23)/t14-/m1/s1. The quantitative estimate of drug-likeness (QED) is 0.664. The van der Waals surface area contributed by atoms with Crippen molar-refractivity contribution >= 4 is 21.8 Å². The summed E-state index contributed by atoms with van der Waals surface area (Å²) in [6, 6.07) is 13.0. The molecule has 6 heteroatoms. The number of hydrogen-bond donors (Lipinski definition) is 1. The maximum absolute atomic E-state index is 12.0. The maximum Gasteiger partial charge on any atom is 0.258 e. The average molecular weight is 422 g/mol. The van der Waals surface area contributed by atoms with Gasteiger partial charge in [-0.1, -0.05) is 13.0 Å². The molecule has 0 unspecified atom stereocenters. The number of hydrogen-bond acceptors (Lipinski definition) is 4. The van der Waals surface area contributed by atoms with E-state index in [0.29, 0.717) is 12.4 Å². The molecule has 0 saturated heterocycles. The van der Waals surface area contributed by atoms with Gasteiger partial charge in [0.15, 0.2) is 6.61 Å². The Morgan fingerprint density at radius 3 is 2.42 bits per heavy atom. The van der Waals surface area contributed by atoms with Gasteiger partial charge in [0, 0.05) is 0 Å². The minimum atomic E-state index is -0.192. The van der Waals surface area contributed by atoms with Gasteiger partial charge in [0.2, 0.25) is 0 Å². The molecule has 2 aromatic rings. The van der Waals surface area contributed by atoms with Crippen molar-refractivity contribution in [1.29, 1.82) is 0 Å². The van der Waals surface area contributed by atoms with Crippen LogP contribution in [0.25, 0.3) is 0 Å². The fraction of sp³-hybridized carbons (Fsp3) is 0.350. The van der Waals surface area contributed by atoms with Crippen LogP contribution in [0.15, 0.2) is 46.9 Å². The lowest BCUT2D eigenvalue weighted by Gasteiger charge is -2.16. The first kappa shape index (κ1) is 20.1. The third kappa shape index (κ3) is 6.26. The molecule has 1 amide bonds. The molecule has 0 saturated carbocycles. The maximum atomic E-state index is 12.0. The molecule has 0 aliphatic rings. The lowest BCUT2D eigenvalue weighted by Crippen LogP contribution is -2.39. The summed E-state index contributed by atoms with van der Waals surface area (Å²) in [6.07, 6.45) is 0.949. The lowest BCUT2D eigenvalue weighted by molar-refractivity contribution is -0.123. The summed E-state index contributed by atoms with van der Waals surface area (Å²) in [7, 11) is 1.62. The topological polar surface area (TPSA) is 56.8 Å². The molecule has 0 aliphatic heterocycles. The van der Waals surface area contributed by atoms with Gasteiger partial charge in [-0.15, -0.1) is 0 Å². The minimum Gasteiger partial charge on any atom is -0.497 e. The number of methoxy groups -OCH3 is 1. The number of carbonyl (C=O) groups excluding carboxylic acids is 1. The molecule has 0 heterocycles. The Kier molecular flexibility index (Phi) is 7.78. The molecule has 0 fully saturated rings. The van der Waals surface area contributed by atoms with E-state index in [1.807, 2.05) is 49.4 Å². The highest BCUT2D eigenvalue weighted by Crippen LogP contribution is 2.26. The Morgan fingerprint density at radius 2 is 1.81 bits per heavy atom. The van der Waals surface area contributed by atoms with Gasteiger partial charge in [-0.2, -0.15) is 0 Å². The molecular formula is C20H24BrNO4. The average Bonchev–Trinajstić information content (AvgIpc) is 2.65. The van der Waals surface area contributed by atoms with Crippen molar-refractivity contribution in [2.24, 2.45) is 0 Å². The molecule has 1 atom stereocenters. The molecule has 1 N–H and O–H groups in total. The molecule has 0 spiro atoms. The van der Waals surface area contributed by atoms with Gasteiger partial charge in [-0.05, 0) is 71.2 Å². The number of rotatable bonds is 9. The normalized spacial score (nSPS) is 11.5. The third-order valence-corrected chi connectivity index (χ3v) is 4.35. The second-order valence-corrected chi connectivity index (χ2v) is 6.72. The Morgan fingerprint density at radius 1 is 1.12 bits per heavy atom. The Labute approximate surface area is 162 Å². The number of benzene rings is 2. The van der Waals surface area contributed by atoms with E-state index in [1.165, 1.54) is 5.56 Å². The molecule has 0 aromatic heterocycles. The van der Waals surface area contributed by atoms with E-state index in [2.05, 4.69) is 28.2 Å². The zero-order valence-corrected chi connectivity index (χ0v) is 16.8. The number of carbonyl (C=O) groups is 1. The summed E-state index contributed by atoms with van der Waals surface area (Å²) in [4.78, 5) is 12.0. The zero-order valence-electron chi connectivity index (χ0n) is 15.3. The van der Waals surface area contributed by atoms with Crippen molar-refractivity contribution in [1.82, 2.24) is 5.32 Å². The molecule has 2 rings (SSSR count). The van der Waals surface area contributed by atoms with Crippen LogP contribution in [0.2, 0.25) is 0 Å². The van der Waals surface area contributed by atoms with E-state index in [1.54, 1.807) is 7.11 Å². The van der Waals surface area contributed by atoms with E-state index >= 15 is 0 Å². The number of amides is 1. The molecule has 5 nitrogen and oxygen atoms in total. The van der Waals surface area contributed by atoms with Crippen LogP contribution in [0.5, 0.6) is 17.2 Å². The van der Waals surface area contributed by atoms with Gasteiger partial charge in [0.25, 0.3) is 5.91 Å². The van der Waals surface area contributed by atoms with Gasteiger partial charge in [0.1, 0.15) is 23.9 Å². The van der Waals surface area contributed by atoms with Crippen molar-refractivity contribution < 1.29 is 19.0 Å². The fourth-order valence-corrected chi connectivity index (χ4v) is 2.82. The van der Waals surface area contributed by atoms with Gasteiger partial charge in [-0.3, -0.25) is 4.79 Å². The lowest BCUT2D eigenvalue weighted by atomic mass is 10.2. The Balaban J connectivity index is 1.74. The minimum absolute atomic E-state index is 0.0447. The Bertz CT molecular complexity index is 718. The summed E-state index contributed by atoms with van der Waals surface area (Å²) in [5, 5.41) is 2.86. The molecule has 0 bridgehead atoms. The molecule has 140 valence electrons. The summed E-state index contributed by atoms with van der Waals surface area (Å²) >= 11 is 3.46. The van der Waals surface area contributed by atoms with Crippen LogP contribution in [0.3, 0.4) is 0 Å². The zero-order chi connectivity index (χ0) is 18.9. The summed E-state index contributed by atoms with van der Waals surface area (Å²) < 4.78 is 17.2.